The summed E-state index contributed by atoms with van der Waals surface area (Å²) in [5.74, 6) is 0.841. The topological polar surface area (TPSA) is 66.4 Å². The van der Waals surface area contributed by atoms with Crippen LogP contribution in [-0.4, -0.2) is 81.8 Å². The highest BCUT2D eigenvalue weighted by Gasteiger charge is 2.37. The number of ether oxygens (including phenoxy) is 2. The zero-order valence-corrected chi connectivity index (χ0v) is 18.1. The van der Waals surface area contributed by atoms with Gasteiger partial charge in [-0.2, -0.15) is 0 Å². The van der Waals surface area contributed by atoms with E-state index >= 15 is 0 Å². The molecule has 3 atom stereocenters. The lowest BCUT2D eigenvalue weighted by atomic mass is 9.99. The summed E-state index contributed by atoms with van der Waals surface area (Å²) >= 11 is 0. The van der Waals surface area contributed by atoms with E-state index in [0.717, 1.165) is 45.4 Å². The molecule has 7 heteroatoms. The maximum Gasteiger partial charge on any atom is 0.310 e. The van der Waals surface area contributed by atoms with Gasteiger partial charge in [-0.25, -0.2) is 0 Å². The first-order valence-corrected chi connectivity index (χ1v) is 10.4. The smallest absolute Gasteiger partial charge is 0.310 e. The van der Waals surface area contributed by atoms with Crippen molar-refractivity contribution in [2.24, 2.45) is 16.8 Å². The Balaban J connectivity index is 1.69. The van der Waals surface area contributed by atoms with Crippen molar-refractivity contribution in [1.82, 2.24) is 15.1 Å². The van der Waals surface area contributed by atoms with Crippen LogP contribution in [-0.2, 0) is 14.3 Å². The minimum atomic E-state index is -0.138. The predicted octanol–water partition coefficient (Wildman–Crippen LogP) is 1.68. The van der Waals surface area contributed by atoms with Crippen molar-refractivity contribution < 1.29 is 14.3 Å². The molecule has 29 heavy (non-hydrogen) atoms. The number of likely N-dealkylation sites (tertiary alicyclic amines) is 1. The number of carbonyl (C=O) groups is 1. The van der Waals surface area contributed by atoms with Gasteiger partial charge in [0, 0.05) is 39.8 Å². The number of carbonyl (C=O) groups excluding carboxylic acids is 1. The number of rotatable bonds is 5. The Hall–Kier alpha value is -2.12. The van der Waals surface area contributed by atoms with Gasteiger partial charge in [0.25, 0.3) is 0 Å². The van der Waals surface area contributed by atoms with E-state index in [9.17, 15) is 4.79 Å². The van der Waals surface area contributed by atoms with Gasteiger partial charge < -0.3 is 19.7 Å². The molecule has 0 saturated carbocycles. The van der Waals surface area contributed by atoms with E-state index in [-0.39, 0.29) is 23.8 Å². The monoisotopic (exact) mass is 402 g/mol. The van der Waals surface area contributed by atoms with Gasteiger partial charge in [0.15, 0.2) is 5.96 Å². The summed E-state index contributed by atoms with van der Waals surface area (Å²) in [4.78, 5) is 21.2. The number of aryl methyl sites for hydroxylation is 1. The van der Waals surface area contributed by atoms with Gasteiger partial charge in [0.1, 0.15) is 0 Å². The Kier molecular flexibility index (Phi) is 7.50. The van der Waals surface area contributed by atoms with Crippen LogP contribution < -0.4 is 5.32 Å². The fraction of sp³-hybridized carbons (Fsp3) is 0.636. The molecule has 160 valence electrons. The normalized spacial score (nSPS) is 24.4. The molecule has 2 heterocycles. The van der Waals surface area contributed by atoms with E-state index in [0.29, 0.717) is 6.54 Å². The van der Waals surface area contributed by atoms with Crippen molar-refractivity contribution >= 4 is 11.9 Å². The number of hydrogen-bond donors (Lipinski definition) is 1. The number of benzene rings is 1. The van der Waals surface area contributed by atoms with Crippen molar-refractivity contribution in [1.29, 1.82) is 0 Å². The maximum absolute atomic E-state index is 12.0. The Morgan fingerprint density at radius 1 is 1.28 bits per heavy atom. The van der Waals surface area contributed by atoms with Crippen molar-refractivity contribution in [2.45, 2.75) is 19.9 Å². The Morgan fingerprint density at radius 2 is 1.97 bits per heavy atom. The van der Waals surface area contributed by atoms with Gasteiger partial charge in [-0.15, -0.1) is 0 Å². The third-order valence-corrected chi connectivity index (χ3v) is 6.03. The molecule has 0 aliphatic carbocycles. The molecule has 0 radical (unpaired) electrons. The molecule has 2 aliphatic rings. The second-order valence-electron chi connectivity index (χ2n) is 8.01. The lowest BCUT2D eigenvalue weighted by molar-refractivity contribution is -0.145. The summed E-state index contributed by atoms with van der Waals surface area (Å²) in [6.07, 6.45) is 0. The Labute approximate surface area is 174 Å². The van der Waals surface area contributed by atoms with E-state index in [4.69, 9.17) is 9.47 Å². The number of guanidine groups is 1. The molecular formula is C22H34N4O3. The first kappa shape index (κ1) is 21.6. The van der Waals surface area contributed by atoms with Gasteiger partial charge in [-0.1, -0.05) is 36.8 Å². The second kappa shape index (κ2) is 10.1. The molecule has 1 N–H and O–H groups in total. The molecule has 0 spiro atoms. The molecule has 1 aromatic rings. The first-order valence-electron chi connectivity index (χ1n) is 10.4. The van der Waals surface area contributed by atoms with E-state index < -0.39 is 0 Å². The van der Waals surface area contributed by atoms with Crippen LogP contribution in [0.1, 0.15) is 24.1 Å². The molecule has 7 nitrogen and oxygen atoms in total. The van der Waals surface area contributed by atoms with Crippen LogP contribution in [0, 0.1) is 18.8 Å². The summed E-state index contributed by atoms with van der Waals surface area (Å²) < 4.78 is 10.5. The minimum Gasteiger partial charge on any atom is -0.469 e. The van der Waals surface area contributed by atoms with Crippen molar-refractivity contribution in [3.8, 4) is 0 Å². The highest BCUT2D eigenvalue weighted by atomic mass is 16.5. The van der Waals surface area contributed by atoms with Crippen LogP contribution in [0.25, 0.3) is 0 Å². The van der Waals surface area contributed by atoms with Gasteiger partial charge in [-0.3, -0.25) is 14.7 Å². The number of aliphatic imine (C=N–C) groups is 1. The molecule has 3 rings (SSSR count). The summed E-state index contributed by atoms with van der Waals surface area (Å²) in [7, 11) is 3.26. The number of methoxy groups -OCH3 is 1. The van der Waals surface area contributed by atoms with E-state index in [2.05, 4.69) is 58.2 Å². The largest absolute Gasteiger partial charge is 0.469 e. The third-order valence-electron chi connectivity index (χ3n) is 6.03. The summed E-state index contributed by atoms with van der Waals surface area (Å²) in [6.45, 7) is 9.77. The average Bonchev–Trinajstić information content (AvgIpc) is 3.13. The van der Waals surface area contributed by atoms with Crippen molar-refractivity contribution in [3.63, 3.8) is 0 Å². The van der Waals surface area contributed by atoms with E-state index in [1.807, 2.05) is 0 Å². The van der Waals surface area contributed by atoms with Crippen LogP contribution in [0.15, 0.2) is 29.3 Å². The molecule has 0 bridgehead atoms. The number of nitrogens with zero attached hydrogens (tertiary/aromatic N) is 3. The quantitative estimate of drug-likeness (QED) is 0.459. The number of esters is 1. The molecule has 2 saturated heterocycles. The molecule has 1 aromatic carbocycles. The van der Waals surface area contributed by atoms with E-state index in [1.54, 1.807) is 7.05 Å². The minimum absolute atomic E-state index is 0.106. The molecule has 3 unspecified atom stereocenters. The summed E-state index contributed by atoms with van der Waals surface area (Å²) in [6, 6.07) is 9.00. The van der Waals surface area contributed by atoms with E-state index in [1.165, 1.54) is 18.2 Å². The zero-order chi connectivity index (χ0) is 20.8. The van der Waals surface area contributed by atoms with Crippen LogP contribution in [0.5, 0.6) is 0 Å². The predicted molar refractivity (Wildman–Crippen MR) is 114 cm³/mol. The van der Waals surface area contributed by atoms with Gasteiger partial charge in [0.05, 0.1) is 32.3 Å². The molecule has 2 fully saturated rings. The van der Waals surface area contributed by atoms with Gasteiger partial charge in [-0.05, 0) is 18.4 Å². The number of hydrogen-bond acceptors (Lipinski definition) is 5. The first-order chi connectivity index (χ1) is 14.0. The standard InChI is InChI=1S/C22H34N4O3/c1-16-5-7-18(8-6-16)20(25-9-11-29-12-10-25)13-24-22(23-3)26-14-17(2)19(15-26)21(27)28-4/h5-8,17,19-20H,9-15H2,1-4H3,(H,23,24). The molecule has 2 aliphatic heterocycles. The van der Waals surface area contributed by atoms with Gasteiger partial charge >= 0.3 is 5.97 Å². The highest BCUT2D eigenvalue weighted by molar-refractivity contribution is 5.82. The van der Waals surface area contributed by atoms with Crippen LogP contribution in [0.3, 0.4) is 0 Å². The lowest BCUT2D eigenvalue weighted by Crippen LogP contribution is -2.47. The Morgan fingerprint density at radius 3 is 2.59 bits per heavy atom. The third kappa shape index (κ3) is 5.28. The highest BCUT2D eigenvalue weighted by Crippen LogP contribution is 2.25. The molecular weight excluding hydrogens is 368 g/mol. The van der Waals surface area contributed by atoms with Crippen molar-refractivity contribution in [2.75, 3.05) is 60.1 Å². The summed E-state index contributed by atoms with van der Waals surface area (Å²) in [5.41, 5.74) is 2.56. The Bertz CT molecular complexity index is 701. The van der Waals surface area contributed by atoms with Crippen LogP contribution >= 0.6 is 0 Å². The van der Waals surface area contributed by atoms with Gasteiger partial charge in [0.2, 0.25) is 0 Å². The van der Waals surface area contributed by atoms with Crippen LogP contribution in [0.4, 0.5) is 0 Å². The number of nitrogens with one attached hydrogen (secondary N) is 1. The average molecular weight is 403 g/mol. The second-order valence-corrected chi connectivity index (χ2v) is 8.01. The molecule has 0 aromatic heterocycles. The fourth-order valence-corrected chi connectivity index (χ4v) is 4.25. The lowest BCUT2D eigenvalue weighted by Gasteiger charge is -2.35. The van der Waals surface area contributed by atoms with Crippen LogP contribution in [0.2, 0.25) is 0 Å². The zero-order valence-electron chi connectivity index (χ0n) is 18.1. The summed E-state index contributed by atoms with van der Waals surface area (Å²) in [5, 5.41) is 3.56. The SMILES string of the molecule is CN=C(NCC(c1ccc(C)cc1)N1CCOCC1)N1CC(C)C(C(=O)OC)C1. The fourth-order valence-electron chi connectivity index (χ4n) is 4.25. The molecule has 0 amide bonds. The maximum atomic E-state index is 12.0. The van der Waals surface area contributed by atoms with Crippen molar-refractivity contribution in [3.05, 3.63) is 35.4 Å². The number of morpholine rings is 1.